The molecule has 0 radical (unpaired) electrons. The van der Waals surface area contributed by atoms with Crippen molar-refractivity contribution in [2.45, 2.75) is 18.6 Å². The van der Waals surface area contributed by atoms with Gasteiger partial charge in [0.15, 0.2) is 9.84 Å². The second-order valence-corrected chi connectivity index (χ2v) is 6.85. The first kappa shape index (κ1) is 14.0. The van der Waals surface area contributed by atoms with Gasteiger partial charge in [0.2, 0.25) is 0 Å². The van der Waals surface area contributed by atoms with Crippen LogP contribution in [0.2, 0.25) is 0 Å². The van der Waals surface area contributed by atoms with E-state index in [2.05, 4.69) is 0 Å². The summed E-state index contributed by atoms with van der Waals surface area (Å²) in [5.74, 6) is -0.188. The molecule has 2 rings (SSSR count). The largest absolute Gasteiger partial charge is 0.277 e. The highest BCUT2D eigenvalue weighted by Gasteiger charge is 2.19. The van der Waals surface area contributed by atoms with Gasteiger partial charge in [-0.1, -0.05) is 12.1 Å². The molecule has 1 fully saturated rings. The van der Waals surface area contributed by atoms with Crippen LogP contribution in [0.25, 0.3) is 0 Å². The van der Waals surface area contributed by atoms with Gasteiger partial charge >= 0.3 is 0 Å². The van der Waals surface area contributed by atoms with Gasteiger partial charge in [-0.05, 0) is 30.5 Å². The van der Waals surface area contributed by atoms with E-state index in [1.54, 1.807) is 24.3 Å². The minimum Gasteiger partial charge on any atom is -0.271 e. The molecule has 1 saturated heterocycles. The Morgan fingerprint density at radius 3 is 2.47 bits per heavy atom. The lowest BCUT2D eigenvalue weighted by molar-refractivity contribution is -0.144. The quantitative estimate of drug-likeness (QED) is 0.841. The summed E-state index contributed by atoms with van der Waals surface area (Å²) in [5.41, 5.74) is 1.19. The maximum Gasteiger partial charge on any atom is 0.277 e. The van der Waals surface area contributed by atoms with Crippen LogP contribution >= 0.6 is 0 Å². The van der Waals surface area contributed by atoms with Crippen molar-refractivity contribution in [1.29, 1.82) is 0 Å². The van der Waals surface area contributed by atoms with Crippen molar-refractivity contribution in [2.75, 3.05) is 19.4 Å². The van der Waals surface area contributed by atoms with E-state index < -0.39 is 9.84 Å². The van der Waals surface area contributed by atoms with Crippen LogP contribution in [0.4, 0.5) is 0 Å². The van der Waals surface area contributed by atoms with Crippen LogP contribution < -0.4 is 0 Å². The topological polar surface area (TPSA) is 63.7 Å². The highest BCUT2D eigenvalue weighted by Crippen LogP contribution is 2.13. The molecule has 0 aliphatic carbocycles. The predicted octanol–water partition coefficient (Wildman–Crippen LogP) is 1.40. The van der Waals surface area contributed by atoms with Gasteiger partial charge in [-0.2, -0.15) is 0 Å². The third-order valence-electron chi connectivity index (χ3n) is 2.86. The van der Waals surface area contributed by atoms with Crippen LogP contribution in [-0.4, -0.2) is 38.8 Å². The van der Waals surface area contributed by atoms with E-state index in [-0.39, 0.29) is 11.7 Å². The summed E-state index contributed by atoms with van der Waals surface area (Å²) >= 11 is 0. The van der Waals surface area contributed by atoms with Crippen LogP contribution in [0.3, 0.4) is 0 Å². The normalized spacial score (nSPS) is 16.4. The van der Waals surface area contributed by atoms with E-state index >= 15 is 0 Å². The van der Waals surface area contributed by atoms with Gasteiger partial charge in [-0.3, -0.25) is 9.63 Å². The molecule has 1 aromatic rings. The molecular formula is C13H17NO4S. The third-order valence-corrected chi connectivity index (χ3v) is 3.72. The third kappa shape index (κ3) is 4.04. The molecule has 0 saturated carbocycles. The van der Waals surface area contributed by atoms with Crippen molar-refractivity contribution in [1.82, 2.24) is 5.06 Å². The van der Waals surface area contributed by atoms with E-state index in [0.717, 1.165) is 12.8 Å². The second kappa shape index (κ2) is 5.71. The molecule has 1 aromatic carbocycles. The molecule has 0 bridgehead atoms. The fourth-order valence-electron chi connectivity index (χ4n) is 1.95. The molecular weight excluding hydrogens is 266 g/mol. The molecule has 1 heterocycles. The van der Waals surface area contributed by atoms with Crippen LogP contribution in [0, 0.1) is 0 Å². The molecule has 1 aliphatic heterocycles. The maximum atomic E-state index is 12.1. The molecule has 1 aliphatic rings. The zero-order valence-electron chi connectivity index (χ0n) is 10.8. The van der Waals surface area contributed by atoms with Crippen molar-refractivity contribution in [2.24, 2.45) is 0 Å². The lowest BCUT2D eigenvalue weighted by Gasteiger charge is -2.25. The van der Waals surface area contributed by atoms with Crippen molar-refractivity contribution >= 4 is 15.7 Å². The van der Waals surface area contributed by atoms with Crippen molar-refractivity contribution < 1.29 is 18.0 Å². The fraction of sp³-hybridized carbons (Fsp3) is 0.462. The monoisotopic (exact) mass is 283 g/mol. The Balaban J connectivity index is 2.07. The smallest absolute Gasteiger partial charge is 0.271 e. The Labute approximate surface area is 113 Å². The summed E-state index contributed by atoms with van der Waals surface area (Å²) in [6, 6.07) is 6.61. The first-order chi connectivity index (χ1) is 8.96. The van der Waals surface area contributed by atoms with E-state index in [4.69, 9.17) is 4.84 Å². The van der Waals surface area contributed by atoms with Gasteiger partial charge in [-0.15, -0.1) is 0 Å². The minimum atomic E-state index is -3.05. The molecule has 19 heavy (non-hydrogen) atoms. The Hall–Kier alpha value is -1.40. The van der Waals surface area contributed by atoms with Crippen molar-refractivity contribution in [3.05, 3.63) is 35.4 Å². The summed E-state index contributed by atoms with van der Waals surface area (Å²) < 4.78 is 22.3. The Morgan fingerprint density at radius 1 is 1.26 bits per heavy atom. The highest BCUT2D eigenvalue weighted by molar-refractivity contribution is 7.89. The molecule has 1 amide bonds. The number of hydrogen-bond acceptors (Lipinski definition) is 4. The number of benzene rings is 1. The zero-order chi connectivity index (χ0) is 13.9. The molecule has 0 atom stereocenters. The summed E-state index contributed by atoms with van der Waals surface area (Å²) in [6.07, 6.45) is 3.10. The van der Waals surface area contributed by atoms with Crippen LogP contribution in [0.1, 0.15) is 28.8 Å². The van der Waals surface area contributed by atoms with E-state index in [1.165, 1.54) is 11.3 Å². The summed E-state index contributed by atoms with van der Waals surface area (Å²) in [6.45, 7) is 1.17. The van der Waals surface area contributed by atoms with Gasteiger partial charge in [0.05, 0.1) is 12.4 Å². The molecule has 6 heteroatoms. The molecule has 0 aromatic heterocycles. The van der Waals surface area contributed by atoms with Gasteiger partial charge in [0, 0.05) is 18.4 Å². The van der Waals surface area contributed by atoms with Crippen LogP contribution in [-0.2, 0) is 20.4 Å². The average molecular weight is 283 g/mol. The number of carbonyl (C=O) groups is 1. The number of rotatable bonds is 3. The van der Waals surface area contributed by atoms with E-state index in [1.807, 2.05) is 0 Å². The van der Waals surface area contributed by atoms with Crippen LogP contribution in [0.5, 0.6) is 0 Å². The van der Waals surface area contributed by atoms with Gasteiger partial charge in [0.25, 0.3) is 5.91 Å². The van der Waals surface area contributed by atoms with Gasteiger partial charge < -0.3 is 0 Å². The number of hydrogen-bond donors (Lipinski definition) is 0. The number of sulfone groups is 1. The fourth-order valence-corrected chi connectivity index (χ4v) is 2.75. The summed E-state index contributed by atoms with van der Waals surface area (Å²) in [4.78, 5) is 17.4. The molecule has 0 unspecified atom stereocenters. The summed E-state index contributed by atoms with van der Waals surface area (Å²) in [7, 11) is -3.05. The van der Waals surface area contributed by atoms with E-state index in [0.29, 0.717) is 24.3 Å². The lowest BCUT2D eigenvalue weighted by Crippen LogP contribution is -2.35. The average Bonchev–Trinajstić information content (AvgIpc) is 2.38. The second-order valence-electron chi connectivity index (χ2n) is 4.71. The first-order valence-corrected chi connectivity index (χ1v) is 8.23. The molecule has 0 spiro atoms. The Kier molecular flexibility index (Phi) is 4.21. The molecule has 5 nitrogen and oxygen atoms in total. The van der Waals surface area contributed by atoms with Crippen molar-refractivity contribution in [3.63, 3.8) is 0 Å². The maximum absolute atomic E-state index is 12.1. The SMILES string of the molecule is CS(=O)(=O)Cc1ccc(C(=O)N2CCCCO2)cc1. The predicted molar refractivity (Wildman–Crippen MR) is 71.2 cm³/mol. The zero-order valence-corrected chi connectivity index (χ0v) is 11.6. The Bertz CT molecular complexity index is 545. The van der Waals surface area contributed by atoms with E-state index in [9.17, 15) is 13.2 Å². The number of amides is 1. The minimum absolute atomic E-state index is 0.0122. The summed E-state index contributed by atoms with van der Waals surface area (Å²) in [5, 5.41) is 1.37. The highest BCUT2D eigenvalue weighted by atomic mass is 32.2. The molecule has 0 N–H and O–H groups in total. The lowest BCUT2D eigenvalue weighted by atomic mass is 10.1. The van der Waals surface area contributed by atoms with Gasteiger partial charge in [-0.25, -0.2) is 13.5 Å². The standard InChI is InChI=1S/C13H17NO4S/c1-19(16,17)10-11-4-6-12(7-5-11)13(15)14-8-2-3-9-18-14/h4-7H,2-3,8-10H2,1H3. The number of carbonyl (C=O) groups excluding carboxylic acids is 1. The van der Waals surface area contributed by atoms with Crippen LogP contribution in [0.15, 0.2) is 24.3 Å². The number of nitrogens with zero attached hydrogens (tertiary/aromatic N) is 1. The first-order valence-electron chi connectivity index (χ1n) is 6.17. The molecule has 104 valence electrons. The number of hydroxylamine groups is 2. The van der Waals surface area contributed by atoms with Crippen molar-refractivity contribution in [3.8, 4) is 0 Å². The van der Waals surface area contributed by atoms with Gasteiger partial charge in [0.1, 0.15) is 0 Å². The Morgan fingerprint density at radius 2 is 1.95 bits per heavy atom.